The summed E-state index contributed by atoms with van der Waals surface area (Å²) in [6, 6.07) is 12.4. The standard InChI is InChI=1S/C25H29F3N2O4/c1-34-24(33)16-18-5-2-7-20(13-18)17-30-23(32)9-4-11-29(30)12-10-22(31)15-19-6-3-8-21(14-19)25(26,27)28/h2-3,5-8,13-14,22,31H,4,9-12,15-17H2,1H3. The van der Waals surface area contributed by atoms with Crippen LogP contribution in [0.15, 0.2) is 48.5 Å². The van der Waals surface area contributed by atoms with Crippen molar-refractivity contribution < 1.29 is 32.6 Å². The summed E-state index contributed by atoms with van der Waals surface area (Å²) in [7, 11) is 1.33. The van der Waals surface area contributed by atoms with Crippen molar-refractivity contribution in [2.24, 2.45) is 0 Å². The molecule has 1 amide bonds. The fourth-order valence-electron chi connectivity index (χ4n) is 4.04. The van der Waals surface area contributed by atoms with Crippen LogP contribution in [0.1, 0.15) is 41.5 Å². The molecule has 34 heavy (non-hydrogen) atoms. The van der Waals surface area contributed by atoms with Gasteiger partial charge in [0, 0.05) is 19.5 Å². The van der Waals surface area contributed by atoms with Crippen LogP contribution in [0.4, 0.5) is 13.2 Å². The molecule has 1 atom stereocenters. The van der Waals surface area contributed by atoms with Crippen LogP contribution in [0.5, 0.6) is 0 Å². The highest BCUT2D eigenvalue weighted by Crippen LogP contribution is 2.30. The van der Waals surface area contributed by atoms with Gasteiger partial charge in [0.25, 0.3) is 0 Å². The van der Waals surface area contributed by atoms with Gasteiger partial charge in [-0.3, -0.25) is 14.6 Å². The minimum atomic E-state index is -4.43. The number of hydrazine groups is 1. The fourth-order valence-corrected chi connectivity index (χ4v) is 4.04. The SMILES string of the molecule is COC(=O)Cc1cccc(CN2C(=O)CCCN2CCC(O)Cc2cccc(C(F)(F)F)c2)c1. The van der Waals surface area contributed by atoms with Crippen LogP contribution in [0.3, 0.4) is 0 Å². The first-order valence-electron chi connectivity index (χ1n) is 11.2. The Morgan fingerprint density at radius 1 is 1.12 bits per heavy atom. The van der Waals surface area contributed by atoms with Gasteiger partial charge >= 0.3 is 12.1 Å². The Balaban J connectivity index is 1.60. The second-order valence-electron chi connectivity index (χ2n) is 8.43. The molecule has 1 heterocycles. The summed E-state index contributed by atoms with van der Waals surface area (Å²) in [6.45, 7) is 1.37. The number of hydrogen-bond donors (Lipinski definition) is 1. The third-order valence-corrected chi connectivity index (χ3v) is 5.78. The van der Waals surface area contributed by atoms with E-state index in [2.05, 4.69) is 0 Å². The van der Waals surface area contributed by atoms with Crippen molar-refractivity contribution in [1.29, 1.82) is 0 Å². The van der Waals surface area contributed by atoms with Crippen LogP contribution >= 0.6 is 0 Å². The Kier molecular flexibility index (Phi) is 8.68. The number of rotatable bonds is 9. The number of aliphatic hydroxyl groups is 1. The molecule has 0 radical (unpaired) electrons. The Morgan fingerprint density at radius 3 is 2.56 bits per heavy atom. The zero-order valence-electron chi connectivity index (χ0n) is 19.1. The molecule has 0 saturated carbocycles. The number of carbonyl (C=O) groups is 2. The molecular weight excluding hydrogens is 449 g/mol. The number of aliphatic hydroxyl groups excluding tert-OH is 1. The summed E-state index contributed by atoms with van der Waals surface area (Å²) < 4.78 is 43.5. The number of amides is 1. The second kappa shape index (κ2) is 11.5. The zero-order valence-corrected chi connectivity index (χ0v) is 19.1. The van der Waals surface area contributed by atoms with Gasteiger partial charge in [-0.25, -0.2) is 5.01 Å². The first-order chi connectivity index (χ1) is 16.2. The van der Waals surface area contributed by atoms with E-state index in [4.69, 9.17) is 4.74 Å². The third-order valence-electron chi connectivity index (χ3n) is 5.78. The van der Waals surface area contributed by atoms with E-state index in [9.17, 15) is 27.9 Å². The molecule has 1 N–H and O–H groups in total. The Labute approximate surface area is 196 Å². The van der Waals surface area contributed by atoms with Crippen molar-refractivity contribution in [3.63, 3.8) is 0 Å². The van der Waals surface area contributed by atoms with E-state index in [0.717, 1.165) is 23.3 Å². The van der Waals surface area contributed by atoms with E-state index in [1.165, 1.54) is 13.2 Å². The highest BCUT2D eigenvalue weighted by Gasteiger charge is 2.30. The van der Waals surface area contributed by atoms with Gasteiger partial charge in [0.1, 0.15) is 0 Å². The van der Waals surface area contributed by atoms with Crippen LogP contribution in [-0.2, 0) is 39.9 Å². The quantitative estimate of drug-likeness (QED) is 0.556. The van der Waals surface area contributed by atoms with Crippen LogP contribution < -0.4 is 0 Å². The number of carbonyl (C=O) groups excluding carboxylic acids is 2. The van der Waals surface area contributed by atoms with Crippen molar-refractivity contribution in [3.05, 3.63) is 70.8 Å². The Bertz CT molecular complexity index is 996. The van der Waals surface area contributed by atoms with Crippen molar-refractivity contribution >= 4 is 11.9 Å². The van der Waals surface area contributed by atoms with E-state index in [1.54, 1.807) is 11.1 Å². The number of nitrogens with zero attached hydrogens (tertiary/aromatic N) is 2. The molecule has 1 unspecified atom stereocenters. The van der Waals surface area contributed by atoms with E-state index in [0.29, 0.717) is 44.5 Å². The maximum atomic E-state index is 12.9. The Morgan fingerprint density at radius 2 is 1.82 bits per heavy atom. The summed E-state index contributed by atoms with van der Waals surface area (Å²) in [6.07, 6.45) is -3.60. The van der Waals surface area contributed by atoms with Crippen molar-refractivity contribution in [1.82, 2.24) is 10.0 Å². The summed E-state index contributed by atoms with van der Waals surface area (Å²) in [5.74, 6) is -0.375. The summed E-state index contributed by atoms with van der Waals surface area (Å²) in [4.78, 5) is 24.2. The first-order valence-corrected chi connectivity index (χ1v) is 11.2. The van der Waals surface area contributed by atoms with Gasteiger partial charge in [0.15, 0.2) is 0 Å². The van der Waals surface area contributed by atoms with E-state index in [-0.39, 0.29) is 24.7 Å². The number of benzene rings is 2. The normalized spacial score (nSPS) is 15.9. The van der Waals surface area contributed by atoms with Crippen molar-refractivity contribution in [2.45, 2.75) is 50.9 Å². The number of esters is 1. The van der Waals surface area contributed by atoms with Gasteiger partial charge in [-0.2, -0.15) is 13.2 Å². The minimum Gasteiger partial charge on any atom is -0.469 e. The molecule has 0 bridgehead atoms. The third kappa shape index (κ3) is 7.30. The molecule has 3 rings (SSSR count). The lowest BCUT2D eigenvalue weighted by atomic mass is 10.0. The first kappa shape index (κ1) is 25.7. The number of halogens is 3. The predicted octanol–water partition coefficient (Wildman–Crippen LogP) is 3.75. The maximum Gasteiger partial charge on any atom is 0.416 e. The molecule has 1 fully saturated rings. The molecule has 2 aromatic rings. The molecule has 9 heteroatoms. The monoisotopic (exact) mass is 478 g/mol. The molecule has 184 valence electrons. The van der Waals surface area contributed by atoms with E-state index < -0.39 is 17.8 Å². The highest BCUT2D eigenvalue weighted by atomic mass is 19.4. The van der Waals surface area contributed by atoms with E-state index >= 15 is 0 Å². The van der Waals surface area contributed by atoms with E-state index in [1.807, 2.05) is 29.3 Å². The molecule has 1 aliphatic heterocycles. The lowest BCUT2D eigenvalue weighted by molar-refractivity contribution is -0.158. The van der Waals surface area contributed by atoms with Crippen LogP contribution in [0.2, 0.25) is 0 Å². The van der Waals surface area contributed by atoms with Crippen LogP contribution in [0.25, 0.3) is 0 Å². The van der Waals surface area contributed by atoms with Gasteiger partial charge in [-0.05, 0) is 42.0 Å². The predicted molar refractivity (Wildman–Crippen MR) is 119 cm³/mol. The Hall–Kier alpha value is -2.91. The minimum absolute atomic E-state index is 0.0306. The number of hydrogen-bond acceptors (Lipinski definition) is 5. The largest absolute Gasteiger partial charge is 0.469 e. The molecular formula is C25H29F3N2O4. The van der Waals surface area contributed by atoms with Gasteiger partial charge < -0.3 is 9.84 Å². The zero-order chi connectivity index (χ0) is 24.7. The number of alkyl halides is 3. The molecule has 1 aliphatic rings. The second-order valence-corrected chi connectivity index (χ2v) is 8.43. The molecule has 0 spiro atoms. The lowest BCUT2D eigenvalue weighted by Gasteiger charge is -2.39. The average molecular weight is 479 g/mol. The fraction of sp³-hybridized carbons (Fsp3) is 0.440. The highest BCUT2D eigenvalue weighted by molar-refractivity contribution is 5.76. The van der Waals surface area contributed by atoms with Gasteiger partial charge in [-0.1, -0.05) is 42.5 Å². The molecule has 0 aromatic heterocycles. The molecule has 6 nitrogen and oxygen atoms in total. The molecule has 1 saturated heterocycles. The summed E-state index contributed by atoms with van der Waals surface area (Å²) in [5.41, 5.74) is 1.33. The van der Waals surface area contributed by atoms with Crippen molar-refractivity contribution in [3.8, 4) is 0 Å². The van der Waals surface area contributed by atoms with Crippen molar-refractivity contribution in [2.75, 3.05) is 20.2 Å². The maximum absolute atomic E-state index is 12.9. The number of ether oxygens (including phenoxy) is 1. The molecule has 2 aromatic carbocycles. The summed E-state index contributed by atoms with van der Waals surface area (Å²) >= 11 is 0. The van der Waals surface area contributed by atoms with Gasteiger partial charge in [0.2, 0.25) is 5.91 Å². The smallest absolute Gasteiger partial charge is 0.416 e. The molecule has 0 aliphatic carbocycles. The lowest BCUT2D eigenvalue weighted by Crippen LogP contribution is -2.50. The van der Waals surface area contributed by atoms with Gasteiger partial charge in [-0.15, -0.1) is 0 Å². The van der Waals surface area contributed by atoms with Crippen LogP contribution in [0, 0.1) is 0 Å². The average Bonchev–Trinajstić information content (AvgIpc) is 2.79. The van der Waals surface area contributed by atoms with Crippen LogP contribution in [-0.4, -0.2) is 53.3 Å². The summed E-state index contributed by atoms with van der Waals surface area (Å²) in [5, 5.41) is 14.0. The number of methoxy groups -OCH3 is 1. The van der Waals surface area contributed by atoms with Gasteiger partial charge in [0.05, 0.1) is 31.7 Å². The topological polar surface area (TPSA) is 70.1 Å².